The number of nitrogens with one attached hydrogen (secondary N) is 1. The van der Waals surface area contributed by atoms with Crippen LogP contribution < -0.4 is 9.73 Å². The minimum atomic E-state index is -3.50. The minimum absolute atomic E-state index is 0.213. The number of benzene rings is 3. The Morgan fingerprint density at radius 2 is 1.34 bits per heavy atom. The van der Waals surface area contributed by atoms with Crippen molar-refractivity contribution in [2.24, 2.45) is 5.10 Å². The molecule has 0 unspecified atom stereocenters. The predicted molar refractivity (Wildman–Crippen MR) is 130 cm³/mol. The molecule has 166 valence electrons. The Morgan fingerprint density at radius 1 is 0.844 bits per heavy atom. The van der Waals surface area contributed by atoms with E-state index in [0.29, 0.717) is 17.0 Å². The molecular weight excluding hydrogens is 422 g/mol. The van der Waals surface area contributed by atoms with Crippen molar-refractivity contribution in [1.82, 2.24) is 5.43 Å². The fraction of sp³-hybridized carbons (Fsp3) is 0.200. The summed E-state index contributed by atoms with van der Waals surface area (Å²) in [4.78, 5) is 12.5. The fourth-order valence-electron chi connectivity index (χ4n) is 3.10. The zero-order valence-electron chi connectivity index (χ0n) is 18.7. The Bertz CT molecular complexity index is 1210. The van der Waals surface area contributed by atoms with E-state index in [9.17, 15) is 13.2 Å². The van der Waals surface area contributed by atoms with Gasteiger partial charge in [-0.1, -0.05) is 59.7 Å². The molecule has 0 aromatic heterocycles. The third kappa shape index (κ3) is 6.04. The van der Waals surface area contributed by atoms with Crippen molar-refractivity contribution in [3.63, 3.8) is 0 Å². The summed E-state index contributed by atoms with van der Waals surface area (Å²) in [5.74, 6) is -0.368. The number of amides is 1. The van der Waals surface area contributed by atoms with E-state index in [4.69, 9.17) is 0 Å². The van der Waals surface area contributed by atoms with Gasteiger partial charge in [-0.15, -0.1) is 0 Å². The lowest BCUT2D eigenvalue weighted by atomic mass is 10.1. The highest BCUT2D eigenvalue weighted by molar-refractivity contribution is 7.92. The van der Waals surface area contributed by atoms with Crippen LogP contribution in [0.2, 0.25) is 0 Å². The fourth-order valence-corrected chi connectivity index (χ4v) is 3.99. The molecule has 0 radical (unpaired) electrons. The summed E-state index contributed by atoms with van der Waals surface area (Å²) in [6.07, 6.45) is 1.17. The molecule has 32 heavy (non-hydrogen) atoms. The molecule has 0 aliphatic rings. The van der Waals surface area contributed by atoms with Crippen molar-refractivity contribution < 1.29 is 13.2 Å². The van der Waals surface area contributed by atoms with E-state index in [1.807, 2.05) is 69.3 Å². The van der Waals surface area contributed by atoms with Crippen LogP contribution in [0.5, 0.6) is 0 Å². The van der Waals surface area contributed by atoms with Gasteiger partial charge in [-0.2, -0.15) is 5.10 Å². The number of carbonyl (C=O) groups excluding carboxylic acids is 1. The number of hydrogen-bond donors (Lipinski definition) is 1. The molecule has 0 fully saturated rings. The average molecular weight is 450 g/mol. The van der Waals surface area contributed by atoms with Crippen LogP contribution in [0.1, 0.15) is 39.5 Å². The highest BCUT2D eigenvalue weighted by atomic mass is 32.2. The standard InChI is InChI=1S/C25H27N3O3S/c1-18-5-9-21(10-6-18)17-28(32(4,30)31)24-15-13-23(14-16-24)25(29)27-26-20(3)22-11-7-19(2)8-12-22/h5-16H,17H2,1-4H3,(H,27,29)/b26-20-. The van der Waals surface area contributed by atoms with Crippen LogP contribution in [0.25, 0.3) is 0 Å². The van der Waals surface area contributed by atoms with Gasteiger partial charge in [0.15, 0.2) is 0 Å². The Morgan fingerprint density at radius 3 is 1.88 bits per heavy atom. The van der Waals surface area contributed by atoms with Crippen LogP contribution in [0.3, 0.4) is 0 Å². The summed E-state index contributed by atoms with van der Waals surface area (Å²) in [7, 11) is -3.50. The van der Waals surface area contributed by atoms with Crippen LogP contribution >= 0.6 is 0 Å². The van der Waals surface area contributed by atoms with Gasteiger partial charge in [-0.3, -0.25) is 9.10 Å². The minimum Gasteiger partial charge on any atom is -0.267 e. The normalized spacial score (nSPS) is 11.8. The second kappa shape index (κ2) is 9.78. The molecule has 3 aromatic carbocycles. The topological polar surface area (TPSA) is 78.8 Å². The van der Waals surface area contributed by atoms with Gasteiger partial charge in [0.25, 0.3) is 5.91 Å². The lowest BCUT2D eigenvalue weighted by molar-refractivity contribution is 0.0955. The molecular formula is C25H27N3O3S. The first-order valence-corrected chi connectivity index (χ1v) is 12.0. The number of hydrogen-bond acceptors (Lipinski definition) is 4. The monoisotopic (exact) mass is 449 g/mol. The van der Waals surface area contributed by atoms with Gasteiger partial charge >= 0.3 is 0 Å². The number of rotatable bonds is 7. The number of carbonyl (C=O) groups is 1. The molecule has 0 aliphatic carbocycles. The summed E-state index contributed by atoms with van der Waals surface area (Å²) in [5, 5.41) is 4.17. The number of hydrazone groups is 1. The molecule has 1 amide bonds. The van der Waals surface area contributed by atoms with E-state index in [0.717, 1.165) is 22.3 Å². The molecule has 0 saturated heterocycles. The Hall–Kier alpha value is -3.45. The van der Waals surface area contributed by atoms with Gasteiger partial charge in [0.2, 0.25) is 10.0 Å². The van der Waals surface area contributed by atoms with Gasteiger partial charge in [0.1, 0.15) is 0 Å². The van der Waals surface area contributed by atoms with E-state index >= 15 is 0 Å². The molecule has 0 saturated carbocycles. The predicted octanol–water partition coefficient (Wildman–Crippen LogP) is 4.42. The van der Waals surface area contributed by atoms with Gasteiger partial charge in [-0.25, -0.2) is 13.8 Å². The largest absolute Gasteiger partial charge is 0.271 e. The lowest BCUT2D eigenvalue weighted by Crippen LogP contribution is -2.29. The molecule has 0 bridgehead atoms. The average Bonchev–Trinajstić information content (AvgIpc) is 2.76. The summed E-state index contributed by atoms with van der Waals surface area (Å²) in [6, 6.07) is 22.0. The van der Waals surface area contributed by atoms with E-state index in [-0.39, 0.29) is 12.5 Å². The van der Waals surface area contributed by atoms with Crippen molar-refractivity contribution in [1.29, 1.82) is 0 Å². The van der Waals surface area contributed by atoms with Gasteiger partial charge in [0.05, 0.1) is 24.2 Å². The molecule has 0 atom stereocenters. The van der Waals surface area contributed by atoms with Gasteiger partial charge in [-0.05, 0) is 56.2 Å². The van der Waals surface area contributed by atoms with Crippen molar-refractivity contribution in [3.05, 3.63) is 101 Å². The van der Waals surface area contributed by atoms with E-state index in [2.05, 4.69) is 10.5 Å². The second-order valence-corrected chi connectivity index (χ2v) is 9.71. The second-order valence-electron chi connectivity index (χ2n) is 7.81. The van der Waals surface area contributed by atoms with Gasteiger partial charge in [0, 0.05) is 5.56 Å². The molecule has 0 heterocycles. The van der Waals surface area contributed by atoms with Crippen molar-refractivity contribution in [2.45, 2.75) is 27.3 Å². The van der Waals surface area contributed by atoms with Crippen LogP contribution in [-0.2, 0) is 16.6 Å². The first kappa shape index (κ1) is 23.2. The first-order valence-electron chi connectivity index (χ1n) is 10.2. The molecule has 6 nitrogen and oxygen atoms in total. The Balaban J connectivity index is 1.74. The first-order chi connectivity index (χ1) is 15.1. The molecule has 1 N–H and O–H groups in total. The number of anilines is 1. The highest BCUT2D eigenvalue weighted by Gasteiger charge is 2.18. The summed E-state index contributed by atoms with van der Waals surface area (Å²) < 4.78 is 26.1. The molecule has 0 aliphatic heterocycles. The Labute approximate surface area is 189 Å². The maximum atomic E-state index is 12.5. The third-order valence-electron chi connectivity index (χ3n) is 5.06. The maximum absolute atomic E-state index is 12.5. The van der Waals surface area contributed by atoms with E-state index in [1.54, 1.807) is 24.3 Å². The zero-order valence-corrected chi connectivity index (χ0v) is 19.5. The molecule has 3 aromatic rings. The number of nitrogens with zero attached hydrogens (tertiary/aromatic N) is 2. The third-order valence-corrected chi connectivity index (χ3v) is 6.20. The summed E-state index contributed by atoms with van der Waals surface area (Å²) in [5.41, 5.74) is 8.18. The van der Waals surface area contributed by atoms with Gasteiger partial charge < -0.3 is 0 Å². The van der Waals surface area contributed by atoms with Crippen molar-refractivity contribution >= 4 is 27.3 Å². The summed E-state index contributed by atoms with van der Waals surface area (Å²) in [6.45, 7) is 6.02. The highest BCUT2D eigenvalue weighted by Crippen LogP contribution is 2.21. The quantitative estimate of drug-likeness (QED) is 0.428. The van der Waals surface area contributed by atoms with E-state index < -0.39 is 10.0 Å². The SMILES string of the molecule is C/C(=N/NC(=O)c1ccc(N(Cc2ccc(C)cc2)S(C)(=O)=O)cc1)c1ccc(C)cc1. The Kier molecular flexibility index (Phi) is 7.10. The van der Waals surface area contributed by atoms with E-state index in [1.165, 1.54) is 10.6 Å². The van der Waals surface area contributed by atoms with Crippen LogP contribution in [-0.4, -0.2) is 26.3 Å². The number of sulfonamides is 1. The maximum Gasteiger partial charge on any atom is 0.271 e. The summed E-state index contributed by atoms with van der Waals surface area (Å²) >= 11 is 0. The van der Waals surface area contributed by atoms with Crippen LogP contribution in [0.15, 0.2) is 77.9 Å². The zero-order chi connectivity index (χ0) is 23.3. The molecule has 0 spiro atoms. The lowest BCUT2D eigenvalue weighted by Gasteiger charge is -2.22. The van der Waals surface area contributed by atoms with Crippen LogP contribution in [0, 0.1) is 13.8 Å². The molecule has 7 heteroatoms. The van der Waals surface area contributed by atoms with Crippen LogP contribution in [0.4, 0.5) is 5.69 Å². The van der Waals surface area contributed by atoms with Crippen molar-refractivity contribution in [3.8, 4) is 0 Å². The number of aryl methyl sites for hydroxylation is 2. The molecule has 3 rings (SSSR count). The smallest absolute Gasteiger partial charge is 0.267 e. The van der Waals surface area contributed by atoms with Crippen molar-refractivity contribution in [2.75, 3.05) is 10.6 Å².